The summed E-state index contributed by atoms with van der Waals surface area (Å²) >= 11 is 0. The Bertz CT molecular complexity index is 953. The molecule has 0 radical (unpaired) electrons. The molecule has 8 nitrogen and oxygen atoms in total. The van der Waals surface area contributed by atoms with E-state index in [1.165, 1.54) is 18.2 Å². The summed E-state index contributed by atoms with van der Waals surface area (Å²) in [6, 6.07) is 4.54. The molecule has 1 aromatic heterocycles. The lowest BCUT2D eigenvalue weighted by molar-refractivity contribution is 0.0473. The normalized spacial score (nSPS) is 14.3. The number of alkyl carbamates (subject to hydrolysis) is 1. The minimum Gasteiger partial charge on any atom is -0.444 e. The predicted octanol–water partition coefficient (Wildman–Crippen LogP) is 3.79. The summed E-state index contributed by atoms with van der Waals surface area (Å²) in [5.74, 6) is -1.19. The SMILES string of the molecule is CC[C@@H](C)[C@@H](NC(=O)OC(C)(C)C)c1nnc(S(=O)(=O)Cc2cccc(F)c2)o1. The minimum absolute atomic E-state index is 0.0389. The van der Waals surface area contributed by atoms with E-state index in [1.807, 2.05) is 13.8 Å². The summed E-state index contributed by atoms with van der Waals surface area (Å²) in [5, 5.41) is 9.53. The topological polar surface area (TPSA) is 111 Å². The maximum Gasteiger partial charge on any atom is 0.408 e. The Labute approximate surface area is 169 Å². The Morgan fingerprint density at radius 2 is 2.00 bits per heavy atom. The maximum atomic E-state index is 13.3. The zero-order chi connectivity index (χ0) is 21.8. The molecule has 0 saturated carbocycles. The van der Waals surface area contributed by atoms with E-state index in [9.17, 15) is 17.6 Å². The van der Waals surface area contributed by atoms with Gasteiger partial charge >= 0.3 is 11.3 Å². The van der Waals surface area contributed by atoms with Crippen LogP contribution in [0.4, 0.5) is 9.18 Å². The highest BCUT2D eigenvalue weighted by Gasteiger charge is 2.31. The molecule has 0 saturated heterocycles. The number of hydrogen-bond acceptors (Lipinski definition) is 7. The van der Waals surface area contributed by atoms with Crippen LogP contribution in [0.3, 0.4) is 0 Å². The van der Waals surface area contributed by atoms with E-state index in [0.29, 0.717) is 6.42 Å². The van der Waals surface area contributed by atoms with Gasteiger partial charge in [-0.05, 0) is 44.4 Å². The molecule has 0 aliphatic carbocycles. The zero-order valence-corrected chi connectivity index (χ0v) is 17.9. The molecular weight excluding hydrogens is 401 g/mol. The number of halogens is 1. The van der Waals surface area contributed by atoms with Crippen LogP contribution in [0.2, 0.25) is 0 Å². The third kappa shape index (κ3) is 6.52. The number of carbonyl (C=O) groups excluding carboxylic acids is 1. The van der Waals surface area contributed by atoms with Crippen molar-refractivity contribution in [1.82, 2.24) is 15.5 Å². The number of rotatable bonds is 7. The Balaban J connectivity index is 2.24. The van der Waals surface area contributed by atoms with Crippen LogP contribution in [0.25, 0.3) is 0 Å². The highest BCUT2D eigenvalue weighted by molar-refractivity contribution is 7.90. The number of aromatic nitrogens is 2. The molecule has 2 aromatic rings. The van der Waals surface area contributed by atoms with E-state index in [-0.39, 0.29) is 17.4 Å². The first-order valence-electron chi connectivity index (χ1n) is 9.21. The summed E-state index contributed by atoms with van der Waals surface area (Å²) in [5.41, 5.74) is -0.437. The fraction of sp³-hybridized carbons (Fsp3) is 0.526. The van der Waals surface area contributed by atoms with Crippen LogP contribution in [-0.4, -0.2) is 30.3 Å². The van der Waals surface area contributed by atoms with Crippen LogP contribution in [0.5, 0.6) is 0 Å². The second kappa shape index (κ2) is 8.89. The Morgan fingerprint density at radius 1 is 1.31 bits per heavy atom. The van der Waals surface area contributed by atoms with Crippen molar-refractivity contribution >= 4 is 15.9 Å². The number of carbonyl (C=O) groups is 1. The molecule has 1 N–H and O–H groups in total. The number of benzene rings is 1. The molecule has 0 bridgehead atoms. The molecule has 2 rings (SSSR count). The highest BCUT2D eigenvalue weighted by atomic mass is 32.2. The van der Waals surface area contributed by atoms with Gasteiger partial charge in [0.05, 0.1) is 5.75 Å². The molecule has 10 heteroatoms. The molecule has 0 aliphatic heterocycles. The van der Waals surface area contributed by atoms with Crippen LogP contribution < -0.4 is 5.32 Å². The van der Waals surface area contributed by atoms with E-state index in [0.717, 1.165) is 6.07 Å². The first-order chi connectivity index (χ1) is 13.4. The number of sulfone groups is 1. The Morgan fingerprint density at radius 3 is 2.59 bits per heavy atom. The summed E-state index contributed by atoms with van der Waals surface area (Å²) in [4.78, 5) is 12.2. The van der Waals surface area contributed by atoms with Gasteiger partial charge in [0.15, 0.2) is 0 Å². The maximum absolute atomic E-state index is 13.3. The van der Waals surface area contributed by atoms with Crippen LogP contribution in [-0.2, 0) is 20.3 Å². The van der Waals surface area contributed by atoms with Gasteiger partial charge in [0, 0.05) is 0 Å². The summed E-state index contributed by atoms with van der Waals surface area (Å²) in [6.07, 6.45) is -0.0148. The predicted molar refractivity (Wildman–Crippen MR) is 103 cm³/mol. The van der Waals surface area contributed by atoms with Crippen molar-refractivity contribution in [3.8, 4) is 0 Å². The summed E-state index contributed by atoms with van der Waals surface area (Å²) in [6.45, 7) is 8.96. The van der Waals surface area contributed by atoms with Crippen LogP contribution in [0.1, 0.15) is 58.5 Å². The number of amides is 1. The first-order valence-corrected chi connectivity index (χ1v) is 10.9. The van der Waals surface area contributed by atoms with E-state index >= 15 is 0 Å². The molecule has 1 aromatic carbocycles. The fourth-order valence-electron chi connectivity index (χ4n) is 2.50. The quantitative estimate of drug-likeness (QED) is 0.715. The molecule has 0 spiro atoms. The number of nitrogens with zero attached hydrogens (tertiary/aromatic N) is 2. The highest BCUT2D eigenvalue weighted by Crippen LogP contribution is 2.26. The lowest BCUT2D eigenvalue weighted by Gasteiger charge is -2.24. The van der Waals surface area contributed by atoms with Gasteiger partial charge < -0.3 is 14.5 Å². The van der Waals surface area contributed by atoms with E-state index in [2.05, 4.69) is 15.5 Å². The van der Waals surface area contributed by atoms with E-state index < -0.39 is 44.4 Å². The smallest absolute Gasteiger partial charge is 0.408 e. The fourth-order valence-corrected chi connectivity index (χ4v) is 3.62. The number of nitrogens with one attached hydrogen (secondary N) is 1. The minimum atomic E-state index is -3.98. The largest absolute Gasteiger partial charge is 0.444 e. The monoisotopic (exact) mass is 427 g/mol. The number of ether oxygens (including phenoxy) is 1. The van der Waals surface area contributed by atoms with Gasteiger partial charge in [-0.1, -0.05) is 37.5 Å². The van der Waals surface area contributed by atoms with E-state index in [4.69, 9.17) is 9.15 Å². The third-order valence-electron chi connectivity index (χ3n) is 4.09. The van der Waals surface area contributed by atoms with Gasteiger partial charge in [-0.3, -0.25) is 0 Å². The number of hydrogen-bond donors (Lipinski definition) is 1. The van der Waals surface area contributed by atoms with Crippen LogP contribution in [0.15, 0.2) is 33.9 Å². The van der Waals surface area contributed by atoms with Crippen molar-refractivity contribution in [2.45, 2.75) is 63.7 Å². The second-order valence-corrected chi connectivity index (χ2v) is 9.67. The Hall–Kier alpha value is -2.49. The second-order valence-electron chi connectivity index (χ2n) is 7.80. The van der Waals surface area contributed by atoms with Gasteiger partial charge in [0.2, 0.25) is 15.7 Å². The van der Waals surface area contributed by atoms with E-state index in [1.54, 1.807) is 20.8 Å². The third-order valence-corrected chi connectivity index (χ3v) is 5.50. The van der Waals surface area contributed by atoms with Crippen molar-refractivity contribution in [1.29, 1.82) is 0 Å². The van der Waals surface area contributed by atoms with Crippen LogP contribution in [0, 0.1) is 11.7 Å². The van der Waals surface area contributed by atoms with Crippen LogP contribution >= 0.6 is 0 Å². The summed E-state index contributed by atoms with van der Waals surface area (Å²) in [7, 11) is -3.98. The van der Waals surface area contributed by atoms with Gasteiger partial charge in [0.1, 0.15) is 17.5 Å². The van der Waals surface area contributed by atoms with Gasteiger partial charge in [-0.25, -0.2) is 17.6 Å². The Kier molecular flexibility index (Phi) is 6.99. The van der Waals surface area contributed by atoms with Crippen molar-refractivity contribution in [2.24, 2.45) is 5.92 Å². The standard InChI is InChI=1S/C19H26FN3O5S/c1-6-12(2)15(21-17(24)28-19(3,4)5)16-22-23-18(27-16)29(25,26)11-13-8-7-9-14(20)10-13/h7-10,12,15H,6,11H2,1-5H3,(H,21,24)/t12-,15-/m1/s1. The molecule has 0 aliphatic rings. The van der Waals surface area contributed by atoms with Gasteiger partial charge in [-0.2, -0.15) is 0 Å². The molecular formula is C19H26FN3O5S. The lowest BCUT2D eigenvalue weighted by atomic mass is 9.99. The molecule has 160 valence electrons. The van der Waals surface area contributed by atoms with Crippen molar-refractivity contribution in [2.75, 3.05) is 0 Å². The molecule has 1 heterocycles. The van der Waals surface area contributed by atoms with Crippen molar-refractivity contribution < 1.29 is 26.8 Å². The van der Waals surface area contributed by atoms with Crippen molar-refractivity contribution in [3.05, 3.63) is 41.5 Å². The lowest BCUT2D eigenvalue weighted by Crippen LogP contribution is -2.37. The molecule has 1 amide bonds. The molecule has 29 heavy (non-hydrogen) atoms. The van der Waals surface area contributed by atoms with Gasteiger partial charge in [0.25, 0.3) is 0 Å². The molecule has 0 fully saturated rings. The summed E-state index contributed by atoms with van der Waals surface area (Å²) < 4.78 is 49.1. The zero-order valence-electron chi connectivity index (χ0n) is 17.1. The first kappa shape index (κ1) is 22.8. The average molecular weight is 427 g/mol. The van der Waals surface area contributed by atoms with Gasteiger partial charge in [-0.15, -0.1) is 5.10 Å². The van der Waals surface area contributed by atoms with Crippen molar-refractivity contribution in [3.63, 3.8) is 0 Å². The average Bonchev–Trinajstić information content (AvgIpc) is 3.08. The molecule has 0 unspecified atom stereocenters. The molecule has 2 atom stereocenters.